The van der Waals surface area contributed by atoms with Crippen molar-refractivity contribution >= 4 is 15.9 Å². The van der Waals surface area contributed by atoms with Crippen LogP contribution in [0.3, 0.4) is 0 Å². The fraction of sp³-hybridized carbons (Fsp3) is 0.211. The predicted molar refractivity (Wildman–Crippen MR) is 95.4 cm³/mol. The van der Waals surface area contributed by atoms with Gasteiger partial charge in [0.1, 0.15) is 5.82 Å². The van der Waals surface area contributed by atoms with E-state index in [1.165, 1.54) is 24.3 Å². The van der Waals surface area contributed by atoms with Gasteiger partial charge in [-0.3, -0.25) is 4.79 Å². The van der Waals surface area contributed by atoms with E-state index >= 15 is 0 Å². The van der Waals surface area contributed by atoms with Crippen LogP contribution in [0.2, 0.25) is 0 Å². The highest BCUT2D eigenvalue weighted by atomic mass is 32.2. The van der Waals surface area contributed by atoms with Gasteiger partial charge < -0.3 is 4.74 Å². The van der Waals surface area contributed by atoms with Crippen LogP contribution in [0.25, 0.3) is 0 Å². The number of carbonyl (C=O) groups excluding carboxylic acids is 1. The number of rotatable bonds is 5. The van der Waals surface area contributed by atoms with Crippen molar-refractivity contribution in [3.63, 3.8) is 0 Å². The van der Waals surface area contributed by atoms with Gasteiger partial charge in [0, 0.05) is 0 Å². The minimum atomic E-state index is -3.88. The molecule has 0 bridgehead atoms. The molecule has 0 fully saturated rings. The normalized spacial score (nSPS) is 18.7. The molecule has 0 aliphatic carbocycles. The zero-order valence-corrected chi connectivity index (χ0v) is 14.7. The molecule has 1 atom stereocenters. The summed E-state index contributed by atoms with van der Waals surface area (Å²) in [7, 11) is -3.88. The second-order valence-corrected chi connectivity index (χ2v) is 7.75. The van der Waals surface area contributed by atoms with Gasteiger partial charge in [-0.15, -0.1) is 0 Å². The van der Waals surface area contributed by atoms with Gasteiger partial charge in [-0.1, -0.05) is 54.6 Å². The number of hydrogen-bond donors (Lipinski definition) is 0. The smallest absolute Gasteiger partial charge is 0.270 e. The van der Waals surface area contributed by atoms with Crippen molar-refractivity contribution in [3.8, 4) is 0 Å². The van der Waals surface area contributed by atoms with Crippen molar-refractivity contribution < 1.29 is 22.3 Å². The summed E-state index contributed by atoms with van der Waals surface area (Å²) < 4.78 is 45.1. The molecule has 0 radical (unpaired) electrons. The third-order valence-electron chi connectivity index (χ3n) is 3.97. The quantitative estimate of drug-likeness (QED) is 0.754. The van der Waals surface area contributed by atoms with Crippen molar-refractivity contribution in [1.82, 2.24) is 4.31 Å². The van der Waals surface area contributed by atoms with Crippen LogP contribution in [-0.2, 0) is 21.4 Å². The van der Waals surface area contributed by atoms with Gasteiger partial charge in [0.05, 0.1) is 30.6 Å². The van der Waals surface area contributed by atoms with E-state index in [1.54, 1.807) is 6.08 Å². The maximum atomic E-state index is 14.0. The first kappa shape index (κ1) is 18.3. The predicted octanol–water partition coefficient (Wildman–Crippen LogP) is 2.75. The highest BCUT2D eigenvalue weighted by Crippen LogP contribution is 2.21. The lowest BCUT2D eigenvalue weighted by molar-refractivity contribution is 0.0665. The molecular formula is C19H18FNO4S. The number of sulfonamides is 1. The summed E-state index contributed by atoms with van der Waals surface area (Å²) >= 11 is 0. The van der Waals surface area contributed by atoms with Crippen LogP contribution in [0.5, 0.6) is 0 Å². The maximum Gasteiger partial charge on any atom is 0.270 e. The molecule has 2 aromatic carbocycles. The molecule has 0 aromatic heterocycles. The highest BCUT2D eigenvalue weighted by Gasteiger charge is 2.36. The average Bonchev–Trinajstić information content (AvgIpc) is 2.62. The van der Waals surface area contributed by atoms with Crippen molar-refractivity contribution in [2.45, 2.75) is 12.6 Å². The third-order valence-corrected chi connectivity index (χ3v) is 5.62. The molecule has 1 aliphatic heterocycles. The molecular weight excluding hydrogens is 357 g/mol. The first-order valence-electron chi connectivity index (χ1n) is 8.08. The summed E-state index contributed by atoms with van der Waals surface area (Å²) in [4.78, 5) is 12.7. The Morgan fingerprint density at radius 2 is 1.81 bits per heavy atom. The van der Waals surface area contributed by atoms with E-state index in [9.17, 15) is 17.6 Å². The van der Waals surface area contributed by atoms with Gasteiger partial charge in [0.15, 0.2) is 0 Å². The van der Waals surface area contributed by atoms with Crippen LogP contribution in [0, 0.1) is 5.82 Å². The van der Waals surface area contributed by atoms with Crippen LogP contribution in [0.15, 0.2) is 66.7 Å². The second kappa shape index (κ2) is 7.80. The molecule has 1 amide bonds. The summed E-state index contributed by atoms with van der Waals surface area (Å²) in [5, 5.41) is 0. The van der Waals surface area contributed by atoms with Crippen LogP contribution in [-0.4, -0.2) is 37.0 Å². The number of carbonyl (C=O) groups is 1. The summed E-state index contributed by atoms with van der Waals surface area (Å²) in [5.41, 5.74) is 0.654. The minimum Gasteiger partial charge on any atom is -0.374 e. The topological polar surface area (TPSA) is 63.7 Å². The van der Waals surface area contributed by atoms with E-state index in [-0.39, 0.29) is 24.5 Å². The zero-order valence-electron chi connectivity index (χ0n) is 13.9. The molecule has 0 unspecified atom stereocenters. The molecule has 7 heteroatoms. The van der Waals surface area contributed by atoms with Crippen molar-refractivity contribution in [2.75, 3.05) is 12.4 Å². The van der Waals surface area contributed by atoms with E-state index in [1.807, 2.05) is 30.3 Å². The van der Waals surface area contributed by atoms with E-state index in [0.29, 0.717) is 0 Å². The Kier molecular flexibility index (Phi) is 5.49. The van der Waals surface area contributed by atoms with Gasteiger partial charge in [0.25, 0.3) is 5.91 Å². The first-order valence-corrected chi connectivity index (χ1v) is 9.69. The van der Waals surface area contributed by atoms with E-state index in [2.05, 4.69) is 0 Å². The summed E-state index contributed by atoms with van der Waals surface area (Å²) in [5.74, 6) is -1.95. The molecule has 5 nitrogen and oxygen atoms in total. The Hall–Kier alpha value is -2.51. The number of nitrogens with zero attached hydrogens (tertiary/aromatic N) is 1. The second-order valence-electron chi connectivity index (χ2n) is 5.86. The van der Waals surface area contributed by atoms with E-state index in [0.717, 1.165) is 15.9 Å². The Bertz CT molecular complexity index is 912. The van der Waals surface area contributed by atoms with Gasteiger partial charge in [-0.25, -0.2) is 17.1 Å². The molecule has 0 saturated carbocycles. The maximum absolute atomic E-state index is 14.0. The Morgan fingerprint density at radius 3 is 2.54 bits per heavy atom. The van der Waals surface area contributed by atoms with E-state index in [4.69, 9.17) is 4.74 Å². The van der Waals surface area contributed by atoms with Crippen LogP contribution in [0.1, 0.15) is 15.9 Å². The summed E-state index contributed by atoms with van der Waals surface area (Å²) in [6.07, 6.45) is 3.09. The average molecular weight is 375 g/mol. The molecule has 3 rings (SSSR count). The van der Waals surface area contributed by atoms with Crippen LogP contribution < -0.4 is 0 Å². The molecule has 0 spiro atoms. The molecule has 0 N–H and O–H groups in total. The van der Waals surface area contributed by atoms with Crippen LogP contribution in [0.4, 0.5) is 4.39 Å². The summed E-state index contributed by atoms with van der Waals surface area (Å²) in [6.45, 7) is 0.276. The largest absolute Gasteiger partial charge is 0.374 e. The van der Waals surface area contributed by atoms with Crippen molar-refractivity contribution in [3.05, 3.63) is 83.7 Å². The molecule has 2 aromatic rings. The summed E-state index contributed by atoms with van der Waals surface area (Å²) in [6, 6.07) is 13.9. The van der Waals surface area contributed by atoms with Crippen LogP contribution >= 0.6 is 0 Å². The molecule has 1 heterocycles. The molecule has 0 saturated heterocycles. The lowest BCUT2D eigenvalue weighted by Crippen LogP contribution is -2.49. The zero-order chi connectivity index (χ0) is 18.6. The Labute approximate surface area is 151 Å². The SMILES string of the molecule is O=C(c1ccccc1F)N1[C@H](COCc2ccccc2)C=CCS1(=O)=O. The monoisotopic (exact) mass is 375 g/mol. The number of halogens is 1. The highest BCUT2D eigenvalue weighted by molar-refractivity contribution is 7.89. The van der Waals surface area contributed by atoms with Gasteiger partial charge in [-0.2, -0.15) is 0 Å². The fourth-order valence-corrected chi connectivity index (χ4v) is 4.13. The number of benzene rings is 2. The molecule has 1 aliphatic rings. The number of hydrogen-bond acceptors (Lipinski definition) is 4. The van der Waals surface area contributed by atoms with Gasteiger partial charge in [-0.05, 0) is 17.7 Å². The van der Waals surface area contributed by atoms with Crippen molar-refractivity contribution in [1.29, 1.82) is 0 Å². The minimum absolute atomic E-state index is 0.00911. The molecule has 26 heavy (non-hydrogen) atoms. The Morgan fingerprint density at radius 1 is 1.12 bits per heavy atom. The standard InChI is InChI=1S/C19H18FNO4S/c20-18-11-5-4-10-17(18)19(22)21-16(9-6-12-26(21,23)24)14-25-13-15-7-2-1-3-8-15/h1-11,16H,12-14H2/t16-/m0/s1. The number of amides is 1. The first-order chi connectivity index (χ1) is 12.5. The third kappa shape index (κ3) is 4.00. The molecule has 136 valence electrons. The lowest BCUT2D eigenvalue weighted by Gasteiger charge is -2.31. The lowest BCUT2D eigenvalue weighted by atomic mass is 10.1. The van der Waals surface area contributed by atoms with Gasteiger partial charge >= 0.3 is 0 Å². The Balaban J connectivity index is 1.79. The fourth-order valence-electron chi connectivity index (χ4n) is 2.72. The van der Waals surface area contributed by atoms with Gasteiger partial charge in [0.2, 0.25) is 10.0 Å². The number of ether oxygens (including phenoxy) is 1. The van der Waals surface area contributed by atoms with Crippen molar-refractivity contribution in [2.24, 2.45) is 0 Å². The van der Waals surface area contributed by atoms with E-state index < -0.39 is 27.8 Å².